The number of methoxy groups -OCH3 is 1. The summed E-state index contributed by atoms with van der Waals surface area (Å²) in [6, 6.07) is 5.90. The highest BCUT2D eigenvalue weighted by molar-refractivity contribution is 5.95. The van der Waals surface area contributed by atoms with Crippen LogP contribution in [-0.2, 0) is 0 Å². The van der Waals surface area contributed by atoms with Gasteiger partial charge in [0.15, 0.2) is 11.5 Å². The van der Waals surface area contributed by atoms with Crippen LogP contribution in [0.15, 0.2) is 33.8 Å². The molecule has 24 heavy (non-hydrogen) atoms. The molecule has 1 aromatic carbocycles. The van der Waals surface area contributed by atoms with Crippen LogP contribution >= 0.6 is 0 Å². The molecule has 0 spiro atoms. The van der Waals surface area contributed by atoms with Gasteiger partial charge in [0, 0.05) is 0 Å². The monoisotopic (exact) mass is 338 g/mol. The summed E-state index contributed by atoms with van der Waals surface area (Å²) in [4.78, 5) is 12.0. The van der Waals surface area contributed by atoms with E-state index in [4.69, 9.17) is 9.15 Å². The highest BCUT2D eigenvalue weighted by atomic mass is 19.3. The minimum absolute atomic E-state index is 0.0850. The summed E-state index contributed by atoms with van der Waals surface area (Å²) in [5, 5.41) is 3.82. The van der Waals surface area contributed by atoms with Crippen LogP contribution < -0.4 is 14.9 Å². The van der Waals surface area contributed by atoms with E-state index in [1.165, 1.54) is 31.5 Å². The Balaban J connectivity index is 2.06. The molecule has 128 valence electrons. The van der Waals surface area contributed by atoms with Crippen LogP contribution in [-0.4, -0.2) is 25.8 Å². The van der Waals surface area contributed by atoms with Crippen molar-refractivity contribution < 1.29 is 27.5 Å². The molecule has 0 aliphatic heterocycles. The first-order valence-corrected chi connectivity index (χ1v) is 6.94. The third-order valence-electron chi connectivity index (χ3n) is 3.07. The SMILES string of the molecule is COc1cc(C=NNC(=O)c2cc(C)oc2C)ccc1OC(F)F. The van der Waals surface area contributed by atoms with Gasteiger partial charge in [-0.05, 0) is 43.7 Å². The number of ether oxygens (including phenoxy) is 2. The van der Waals surface area contributed by atoms with Crippen LogP contribution in [0.4, 0.5) is 8.78 Å². The van der Waals surface area contributed by atoms with Crippen molar-refractivity contribution in [2.45, 2.75) is 20.5 Å². The Bertz CT molecular complexity index is 757. The number of hydrazone groups is 1. The summed E-state index contributed by atoms with van der Waals surface area (Å²) in [5.41, 5.74) is 3.29. The van der Waals surface area contributed by atoms with Gasteiger partial charge in [-0.2, -0.15) is 13.9 Å². The first-order valence-electron chi connectivity index (χ1n) is 6.94. The van der Waals surface area contributed by atoms with Gasteiger partial charge in [-0.1, -0.05) is 0 Å². The van der Waals surface area contributed by atoms with Gasteiger partial charge in [-0.15, -0.1) is 0 Å². The molecule has 0 saturated carbocycles. The second-order valence-corrected chi connectivity index (χ2v) is 4.81. The van der Waals surface area contributed by atoms with Crippen molar-refractivity contribution in [3.63, 3.8) is 0 Å². The number of aryl methyl sites for hydroxylation is 2. The van der Waals surface area contributed by atoms with Gasteiger partial charge in [0.1, 0.15) is 11.5 Å². The van der Waals surface area contributed by atoms with Crippen LogP contribution in [0.3, 0.4) is 0 Å². The maximum absolute atomic E-state index is 12.3. The molecule has 0 saturated heterocycles. The Morgan fingerprint density at radius 3 is 2.62 bits per heavy atom. The zero-order valence-corrected chi connectivity index (χ0v) is 13.3. The summed E-state index contributed by atoms with van der Waals surface area (Å²) in [7, 11) is 1.33. The Morgan fingerprint density at radius 2 is 2.04 bits per heavy atom. The second-order valence-electron chi connectivity index (χ2n) is 4.81. The van der Waals surface area contributed by atoms with E-state index < -0.39 is 12.5 Å². The molecule has 2 aromatic rings. The molecule has 2 rings (SSSR count). The Kier molecular flexibility index (Phi) is 5.51. The van der Waals surface area contributed by atoms with Crippen molar-refractivity contribution in [2.24, 2.45) is 5.10 Å². The fourth-order valence-corrected chi connectivity index (χ4v) is 2.04. The van der Waals surface area contributed by atoms with Crippen molar-refractivity contribution in [3.05, 3.63) is 46.9 Å². The second kappa shape index (κ2) is 7.58. The number of furan rings is 1. The molecule has 1 heterocycles. The van der Waals surface area contributed by atoms with E-state index in [-0.39, 0.29) is 11.5 Å². The zero-order chi connectivity index (χ0) is 17.7. The van der Waals surface area contributed by atoms with Gasteiger partial charge < -0.3 is 13.9 Å². The molecule has 0 aliphatic carbocycles. The summed E-state index contributed by atoms with van der Waals surface area (Å²) >= 11 is 0. The number of alkyl halides is 2. The highest BCUT2D eigenvalue weighted by Crippen LogP contribution is 2.28. The van der Waals surface area contributed by atoms with Crippen molar-refractivity contribution in [1.29, 1.82) is 0 Å². The summed E-state index contributed by atoms with van der Waals surface area (Å²) < 4.78 is 39.1. The number of carbonyl (C=O) groups excluding carboxylic acids is 1. The average molecular weight is 338 g/mol. The normalized spacial score (nSPS) is 11.1. The predicted molar refractivity (Wildman–Crippen MR) is 82.9 cm³/mol. The van der Waals surface area contributed by atoms with Gasteiger partial charge in [0.25, 0.3) is 5.91 Å². The van der Waals surface area contributed by atoms with E-state index in [2.05, 4.69) is 15.3 Å². The third kappa shape index (κ3) is 4.31. The number of nitrogens with zero attached hydrogens (tertiary/aromatic N) is 1. The van der Waals surface area contributed by atoms with Gasteiger partial charge in [-0.25, -0.2) is 5.43 Å². The number of hydrogen-bond donors (Lipinski definition) is 1. The first kappa shape index (κ1) is 17.5. The topological polar surface area (TPSA) is 73.1 Å². The lowest BCUT2D eigenvalue weighted by Gasteiger charge is -2.09. The Labute approximate surface area is 137 Å². The summed E-state index contributed by atoms with van der Waals surface area (Å²) in [6.07, 6.45) is 1.36. The number of halogens is 2. The van der Waals surface area contributed by atoms with E-state index in [1.54, 1.807) is 19.9 Å². The smallest absolute Gasteiger partial charge is 0.387 e. The largest absolute Gasteiger partial charge is 0.493 e. The Morgan fingerprint density at radius 1 is 1.29 bits per heavy atom. The van der Waals surface area contributed by atoms with Crippen LogP contribution in [0.5, 0.6) is 11.5 Å². The lowest BCUT2D eigenvalue weighted by molar-refractivity contribution is -0.0512. The lowest BCUT2D eigenvalue weighted by Crippen LogP contribution is -2.17. The lowest BCUT2D eigenvalue weighted by atomic mass is 10.2. The van der Waals surface area contributed by atoms with Gasteiger partial charge in [-0.3, -0.25) is 4.79 Å². The fourth-order valence-electron chi connectivity index (χ4n) is 2.04. The number of benzene rings is 1. The van der Waals surface area contributed by atoms with Crippen molar-refractivity contribution in [3.8, 4) is 11.5 Å². The van der Waals surface area contributed by atoms with Gasteiger partial charge in [0.05, 0.1) is 18.9 Å². The molecular weight excluding hydrogens is 322 g/mol. The van der Waals surface area contributed by atoms with Crippen LogP contribution in [0.1, 0.15) is 27.4 Å². The molecule has 1 N–H and O–H groups in total. The Hall–Kier alpha value is -2.90. The molecule has 0 unspecified atom stereocenters. The zero-order valence-electron chi connectivity index (χ0n) is 13.3. The molecule has 8 heteroatoms. The average Bonchev–Trinajstić information content (AvgIpc) is 2.86. The minimum atomic E-state index is -2.95. The van der Waals surface area contributed by atoms with Crippen LogP contribution in [0, 0.1) is 13.8 Å². The molecule has 1 amide bonds. The van der Waals surface area contributed by atoms with Gasteiger partial charge in [0.2, 0.25) is 0 Å². The van der Waals surface area contributed by atoms with E-state index >= 15 is 0 Å². The van der Waals surface area contributed by atoms with Gasteiger partial charge >= 0.3 is 6.61 Å². The minimum Gasteiger partial charge on any atom is -0.493 e. The highest BCUT2D eigenvalue weighted by Gasteiger charge is 2.13. The molecule has 1 aromatic heterocycles. The van der Waals surface area contributed by atoms with Crippen molar-refractivity contribution in [2.75, 3.05) is 7.11 Å². The van der Waals surface area contributed by atoms with E-state index in [0.717, 1.165) is 0 Å². The number of nitrogens with one attached hydrogen (secondary N) is 1. The standard InChI is InChI=1S/C16H16F2N2O4/c1-9-6-12(10(2)23-9)15(21)20-19-8-11-4-5-13(24-16(17)18)14(7-11)22-3/h4-8,16H,1-3H3,(H,20,21). The van der Waals surface area contributed by atoms with Crippen LogP contribution in [0.2, 0.25) is 0 Å². The molecule has 0 aliphatic rings. The molecule has 0 bridgehead atoms. The number of rotatable bonds is 6. The molecule has 6 nitrogen and oxygen atoms in total. The van der Waals surface area contributed by atoms with E-state index in [0.29, 0.717) is 22.6 Å². The molecular formula is C16H16F2N2O4. The number of hydrogen-bond acceptors (Lipinski definition) is 5. The van der Waals surface area contributed by atoms with Crippen LogP contribution in [0.25, 0.3) is 0 Å². The van der Waals surface area contributed by atoms with Crippen molar-refractivity contribution >= 4 is 12.1 Å². The molecule has 0 radical (unpaired) electrons. The van der Waals surface area contributed by atoms with E-state index in [1.807, 2.05) is 0 Å². The van der Waals surface area contributed by atoms with Crippen molar-refractivity contribution in [1.82, 2.24) is 5.43 Å². The first-order chi connectivity index (χ1) is 11.4. The summed E-state index contributed by atoms with van der Waals surface area (Å²) in [6.45, 7) is 0.472. The number of carbonyl (C=O) groups is 1. The maximum Gasteiger partial charge on any atom is 0.387 e. The number of amides is 1. The molecule has 0 atom stereocenters. The third-order valence-corrected chi connectivity index (χ3v) is 3.07. The maximum atomic E-state index is 12.3. The fraction of sp³-hybridized carbons (Fsp3) is 0.250. The quantitative estimate of drug-likeness (QED) is 0.648. The summed E-state index contributed by atoms with van der Waals surface area (Å²) in [5.74, 6) is 0.756. The molecule has 0 fully saturated rings. The predicted octanol–water partition coefficient (Wildman–Crippen LogP) is 3.27. The van der Waals surface area contributed by atoms with E-state index in [9.17, 15) is 13.6 Å².